The molecular formula is H8Cl2N2O. The van der Waals surface area contributed by atoms with Crippen molar-refractivity contribution in [3.63, 3.8) is 0 Å². The van der Waals surface area contributed by atoms with Gasteiger partial charge in [-0.2, -0.15) is 0 Å². The molecule has 0 bridgehead atoms. The van der Waals surface area contributed by atoms with Gasteiger partial charge in [0.05, 0.1) is 0 Å². The molecule has 0 aliphatic carbocycles. The van der Waals surface area contributed by atoms with Gasteiger partial charge in [0, 0.05) is 0 Å². The first-order valence-electron chi connectivity index (χ1n) is 0.258. The summed E-state index contributed by atoms with van der Waals surface area (Å²) in [6, 6.07) is 0. The van der Waals surface area contributed by atoms with Crippen LogP contribution in [0.3, 0.4) is 0 Å². The first-order valence-corrected chi connectivity index (χ1v) is 0.258. The molecule has 0 amide bonds. The van der Waals surface area contributed by atoms with Crippen LogP contribution in [-0.4, -0.2) is 5.21 Å². The molecular weight excluding hydrogens is 115 g/mol. The fourth-order valence-corrected chi connectivity index (χ4v) is 0. The highest BCUT2D eigenvalue weighted by atomic mass is 35.5. The molecule has 0 aromatic rings. The fourth-order valence-electron chi connectivity index (χ4n) is 0. The maximum atomic E-state index is 6.50. The molecule has 0 saturated carbocycles. The highest BCUT2D eigenvalue weighted by molar-refractivity contribution is 5.85. The monoisotopic (exact) mass is 122 g/mol. The number of halogens is 2. The smallest absolute Gasteiger partial charge is 0.147 e. The summed E-state index contributed by atoms with van der Waals surface area (Å²) in [5.74, 6) is 3.50. The number of hydrogen-bond donors (Lipinski definition) is 3. The Morgan fingerprint density at radius 3 is 1.00 bits per heavy atom. The Morgan fingerprint density at radius 1 is 1.00 bits per heavy atom. The lowest BCUT2D eigenvalue weighted by molar-refractivity contribution is 0.311. The summed E-state index contributed by atoms with van der Waals surface area (Å²) in [4.78, 5) is 0. The van der Waals surface area contributed by atoms with Crippen LogP contribution in [0.4, 0.5) is 0 Å². The summed E-state index contributed by atoms with van der Waals surface area (Å²) in [5, 5.41) is 6.50. The molecule has 5 heavy (non-hydrogen) atoms. The van der Waals surface area contributed by atoms with E-state index in [9.17, 15) is 0 Å². The zero-order valence-electron chi connectivity index (χ0n) is 2.55. The average Bonchev–Trinajstić information content (AvgIpc) is 1.00. The van der Waals surface area contributed by atoms with Crippen LogP contribution >= 0.6 is 24.8 Å². The predicted molar refractivity (Wildman–Crippen MR) is 25.5 cm³/mol. The quantitative estimate of drug-likeness (QED) is 0.406. The van der Waals surface area contributed by atoms with E-state index in [4.69, 9.17) is 5.21 Å². The highest BCUT2D eigenvalue weighted by Gasteiger charge is 0.732. The first-order chi connectivity index (χ1) is 1.00. The van der Waals surface area contributed by atoms with Gasteiger partial charge in [-0.05, 0) is 0 Å². The fraction of sp³-hybridized carbons (Fsp3) is 0. The lowest BCUT2D eigenvalue weighted by Crippen LogP contribution is -1.72. The number of hydrogen-bond acceptors (Lipinski definition) is 3. The molecule has 0 saturated heterocycles. The zero-order chi connectivity index (χ0) is 2.00. The minimum atomic E-state index is 0. The van der Waals surface area contributed by atoms with Crippen molar-refractivity contribution in [2.24, 2.45) is 5.90 Å². The SMILES string of the molecule is Cl.Cl.N.NO. The molecule has 6 N–H and O–H groups in total. The zero-order valence-corrected chi connectivity index (χ0v) is 4.18. The third kappa shape index (κ3) is 128. The first kappa shape index (κ1) is 51.0. The Balaban J connectivity index is -0.00000000167. The molecule has 0 rings (SSSR count). The van der Waals surface area contributed by atoms with Crippen molar-refractivity contribution in [1.82, 2.24) is 6.15 Å². The van der Waals surface area contributed by atoms with Crippen LogP contribution in [0.2, 0.25) is 0 Å². The van der Waals surface area contributed by atoms with E-state index in [1.54, 1.807) is 0 Å². The van der Waals surface area contributed by atoms with E-state index in [0.717, 1.165) is 0 Å². The van der Waals surface area contributed by atoms with Crippen LogP contribution in [0, 0.1) is 0 Å². The number of nitrogens with two attached hydrogens (primary N) is 1. The van der Waals surface area contributed by atoms with Crippen LogP contribution in [0.15, 0.2) is 0 Å². The van der Waals surface area contributed by atoms with Gasteiger partial charge in [0.1, 0.15) is 0 Å². The third-order valence-electron chi connectivity index (χ3n) is 0. The minimum Gasteiger partial charge on any atom is -0.344 e. The molecule has 38 valence electrons. The van der Waals surface area contributed by atoms with Crippen molar-refractivity contribution in [1.29, 1.82) is 0 Å². The van der Waals surface area contributed by atoms with E-state index in [1.165, 1.54) is 0 Å². The Hall–Kier alpha value is 0.460. The van der Waals surface area contributed by atoms with E-state index in [1.807, 2.05) is 0 Å². The average molecular weight is 123 g/mol. The molecule has 0 aliphatic heterocycles. The molecule has 0 radical (unpaired) electrons. The molecule has 0 atom stereocenters. The second-order valence-electron chi connectivity index (χ2n) is 0. The Morgan fingerprint density at radius 2 is 1.00 bits per heavy atom. The Bertz CT molecular complexity index is 7.61. The maximum absolute atomic E-state index is 6.50. The van der Waals surface area contributed by atoms with Crippen molar-refractivity contribution in [2.75, 3.05) is 0 Å². The van der Waals surface area contributed by atoms with Gasteiger partial charge in [0.25, 0.3) is 0 Å². The van der Waals surface area contributed by atoms with Crippen LogP contribution in [0.1, 0.15) is 0 Å². The lowest BCUT2D eigenvalue weighted by Gasteiger charge is -1.27. The summed E-state index contributed by atoms with van der Waals surface area (Å²) in [5.41, 5.74) is 0. The van der Waals surface area contributed by atoms with Gasteiger partial charge in [-0.1, -0.05) is 0 Å². The molecule has 5 heteroatoms. The van der Waals surface area contributed by atoms with Crippen molar-refractivity contribution >= 4 is 24.8 Å². The van der Waals surface area contributed by atoms with E-state index in [2.05, 4.69) is 5.90 Å². The molecule has 0 spiro atoms. The van der Waals surface area contributed by atoms with E-state index >= 15 is 0 Å². The molecule has 0 unspecified atom stereocenters. The topological polar surface area (TPSA) is 81.2 Å². The maximum Gasteiger partial charge on any atom is -0.147 e. The Labute approximate surface area is 42.9 Å². The molecule has 0 heterocycles. The van der Waals surface area contributed by atoms with Gasteiger partial charge in [0.15, 0.2) is 0 Å². The van der Waals surface area contributed by atoms with Gasteiger partial charge in [-0.15, -0.1) is 24.8 Å². The second-order valence-corrected chi connectivity index (χ2v) is 0. The molecule has 3 nitrogen and oxygen atoms in total. The Kier molecular flexibility index (Phi) is 2570. The normalized spacial score (nSPS) is 1.20. The summed E-state index contributed by atoms with van der Waals surface area (Å²) < 4.78 is 0. The third-order valence-corrected chi connectivity index (χ3v) is 0. The molecule has 0 aromatic carbocycles. The summed E-state index contributed by atoms with van der Waals surface area (Å²) in [7, 11) is 0. The summed E-state index contributed by atoms with van der Waals surface area (Å²) in [6.45, 7) is 0. The van der Waals surface area contributed by atoms with Crippen LogP contribution in [-0.2, 0) is 0 Å². The van der Waals surface area contributed by atoms with Crippen molar-refractivity contribution in [2.45, 2.75) is 0 Å². The summed E-state index contributed by atoms with van der Waals surface area (Å²) >= 11 is 0. The largest absolute Gasteiger partial charge is 0.344 e. The van der Waals surface area contributed by atoms with Crippen LogP contribution in [0.5, 0.6) is 0 Å². The highest BCUT2D eigenvalue weighted by Crippen LogP contribution is 0.691. The lowest BCUT2D eigenvalue weighted by atomic mass is 13.6. The van der Waals surface area contributed by atoms with Gasteiger partial charge in [0.2, 0.25) is 0 Å². The van der Waals surface area contributed by atoms with E-state index in [-0.39, 0.29) is 31.0 Å². The van der Waals surface area contributed by atoms with E-state index < -0.39 is 0 Å². The predicted octanol–water partition coefficient (Wildman–Crippen LogP) is 0.340. The molecule has 0 fully saturated rings. The standard InChI is InChI=1S/2ClH.H3NO.H3N/c;;1-2;/h2*1H;2H,1H2;1H3. The van der Waals surface area contributed by atoms with Gasteiger partial charge >= 0.3 is 0 Å². The molecule has 0 aromatic heterocycles. The van der Waals surface area contributed by atoms with Gasteiger partial charge < -0.3 is 11.4 Å². The van der Waals surface area contributed by atoms with Gasteiger partial charge in [-0.3, -0.25) is 0 Å². The van der Waals surface area contributed by atoms with Crippen LogP contribution < -0.4 is 12.0 Å². The van der Waals surface area contributed by atoms with Crippen molar-refractivity contribution < 1.29 is 5.21 Å². The molecule has 0 aliphatic rings. The minimum absolute atomic E-state index is 0. The van der Waals surface area contributed by atoms with Crippen molar-refractivity contribution in [3.8, 4) is 0 Å². The van der Waals surface area contributed by atoms with Gasteiger partial charge in [-0.25, -0.2) is 5.90 Å². The summed E-state index contributed by atoms with van der Waals surface area (Å²) in [6.07, 6.45) is 0. The number of rotatable bonds is 0. The van der Waals surface area contributed by atoms with Crippen LogP contribution in [0.25, 0.3) is 0 Å². The van der Waals surface area contributed by atoms with E-state index in [0.29, 0.717) is 0 Å². The van der Waals surface area contributed by atoms with Crippen molar-refractivity contribution in [3.05, 3.63) is 0 Å². The second kappa shape index (κ2) is 252.